The lowest BCUT2D eigenvalue weighted by Gasteiger charge is -2.29. The van der Waals surface area contributed by atoms with E-state index in [1.165, 1.54) is 17.2 Å². The molecule has 4 aliphatic rings. The van der Waals surface area contributed by atoms with Crippen molar-refractivity contribution in [3.63, 3.8) is 0 Å². The second-order valence-corrected chi connectivity index (χ2v) is 16.4. The zero-order valence-corrected chi connectivity index (χ0v) is 32.3. The molecule has 0 spiro atoms. The summed E-state index contributed by atoms with van der Waals surface area (Å²) in [5.41, 5.74) is 3.75. The summed E-state index contributed by atoms with van der Waals surface area (Å²) in [6, 6.07) is 4.69. The first-order chi connectivity index (χ1) is 26.5. The van der Waals surface area contributed by atoms with Crippen LogP contribution in [0.4, 0.5) is 0 Å². The van der Waals surface area contributed by atoms with E-state index in [2.05, 4.69) is 26.2 Å². The minimum Gasteiger partial charge on any atom is -0.496 e. The molecule has 2 aliphatic heterocycles. The van der Waals surface area contributed by atoms with Crippen molar-refractivity contribution in [3.05, 3.63) is 59.2 Å². The molecule has 1 aromatic carbocycles. The number of nitrogens with zero attached hydrogens (tertiary/aromatic N) is 3. The standard InChI is InChI=1S/C39H46N6O9S/c1-22(2)52-33-19-32(27-14-15-30(51-4)23(3)34(27)42-33)53-25-18-29-35(46)43-39(38(49)44-55(50)26-12-13-26)20-24(39)10-8-6-5-7-9-11-28(37(48)45(29)21-25)41-36(47)31-16-17-40-54-31/h8,14-17,19,22,25-26,28-29H,5-7,9,11-13,18,20-21H2,1-4H3,(H,41,47)(H,43,46)(H,44,49,50)/p+1/t10?,25-,28+,29+,39-,55?/m1/s1. The maximum absolute atomic E-state index is 14.6. The summed E-state index contributed by atoms with van der Waals surface area (Å²) in [7, 11) is -0.402. The SMILES string of the molecule is COc1ccc2c(O[C@@H]3C[C@H]4C(=O)N[C@]5(C(=O)N[SH+](=O)C6CC6)CC5=C=CCCCCC[C@H](NC(=O)c5ccno5)C(=O)N4C3)cc(OC(C)C)nc2c1C. The normalized spacial score (nSPS) is 24.8. The number of hydrogen-bond acceptors (Lipinski definition) is 11. The van der Waals surface area contributed by atoms with E-state index in [1.807, 2.05) is 39.0 Å². The third-order valence-corrected chi connectivity index (χ3v) is 12.0. The van der Waals surface area contributed by atoms with E-state index in [9.17, 15) is 23.4 Å². The van der Waals surface area contributed by atoms with Gasteiger partial charge in [-0.3, -0.25) is 19.2 Å². The Balaban J connectivity index is 1.23. The number of thiol groups is 1. The van der Waals surface area contributed by atoms with Crippen molar-refractivity contribution in [2.75, 3.05) is 13.7 Å². The van der Waals surface area contributed by atoms with Crippen LogP contribution in [0.15, 0.2) is 52.4 Å². The third-order valence-electron chi connectivity index (χ3n) is 10.4. The lowest BCUT2D eigenvalue weighted by atomic mass is 10.0. The average molecular weight is 776 g/mol. The van der Waals surface area contributed by atoms with Gasteiger partial charge in [-0.1, -0.05) is 22.2 Å². The Morgan fingerprint density at radius 3 is 2.67 bits per heavy atom. The maximum Gasteiger partial charge on any atom is 0.291 e. The summed E-state index contributed by atoms with van der Waals surface area (Å²) in [5.74, 6) is -0.839. The van der Waals surface area contributed by atoms with Crippen LogP contribution in [-0.2, 0) is 29.6 Å². The first-order valence-electron chi connectivity index (χ1n) is 18.8. The zero-order chi connectivity index (χ0) is 38.9. The summed E-state index contributed by atoms with van der Waals surface area (Å²) >= 11 is 0. The molecule has 4 heterocycles. The van der Waals surface area contributed by atoms with Gasteiger partial charge in [-0.2, -0.15) is 4.72 Å². The minimum absolute atomic E-state index is 0.000256. The van der Waals surface area contributed by atoms with E-state index in [4.69, 9.17) is 23.7 Å². The van der Waals surface area contributed by atoms with E-state index >= 15 is 0 Å². The van der Waals surface area contributed by atoms with Crippen molar-refractivity contribution in [2.24, 2.45) is 0 Å². The molecule has 16 heteroatoms. The molecule has 1 unspecified atom stereocenters. The van der Waals surface area contributed by atoms with Crippen molar-refractivity contribution in [1.82, 2.24) is 30.4 Å². The van der Waals surface area contributed by atoms with Crippen LogP contribution in [0.3, 0.4) is 0 Å². The van der Waals surface area contributed by atoms with Crippen molar-refractivity contribution in [3.8, 4) is 17.4 Å². The summed E-state index contributed by atoms with van der Waals surface area (Å²) in [6.45, 7) is 5.67. The molecule has 0 radical (unpaired) electrons. The molecule has 2 saturated carbocycles. The second kappa shape index (κ2) is 15.9. The Labute approximate surface area is 321 Å². The number of ether oxygens (including phenoxy) is 3. The van der Waals surface area contributed by atoms with Gasteiger partial charge in [0.1, 0.15) is 34.9 Å². The number of carbonyl (C=O) groups is 4. The van der Waals surface area contributed by atoms with Gasteiger partial charge in [0.25, 0.3) is 11.8 Å². The highest BCUT2D eigenvalue weighted by Crippen LogP contribution is 2.44. The number of methoxy groups -OCH3 is 1. The quantitative estimate of drug-likeness (QED) is 0.155. The topological polar surface area (TPSA) is 191 Å². The van der Waals surface area contributed by atoms with Crippen LogP contribution < -0.4 is 29.6 Å². The smallest absolute Gasteiger partial charge is 0.291 e. The van der Waals surface area contributed by atoms with Crippen LogP contribution in [0.1, 0.15) is 87.8 Å². The van der Waals surface area contributed by atoms with Gasteiger partial charge in [-0.05, 0) is 58.2 Å². The molecule has 292 valence electrons. The number of pyridine rings is 1. The average Bonchev–Trinajstić information content (AvgIpc) is 4.00. The molecular formula is C39H47N6O9S+. The van der Waals surface area contributed by atoms with Gasteiger partial charge in [0, 0.05) is 54.3 Å². The lowest BCUT2D eigenvalue weighted by molar-refractivity contribution is -0.141. The van der Waals surface area contributed by atoms with Gasteiger partial charge in [-0.25, -0.2) is 4.98 Å². The van der Waals surface area contributed by atoms with Crippen LogP contribution in [0.2, 0.25) is 0 Å². The number of aryl methyl sites for hydroxylation is 1. The minimum atomic E-state index is -1.99. The summed E-state index contributed by atoms with van der Waals surface area (Å²) in [4.78, 5) is 62.1. The molecule has 3 aromatic rings. The number of hydrogen-bond donors (Lipinski definition) is 3. The van der Waals surface area contributed by atoms with E-state index in [1.54, 1.807) is 13.2 Å². The van der Waals surface area contributed by atoms with Crippen LogP contribution >= 0.6 is 0 Å². The van der Waals surface area contributed by atoms with E-state index in [0.717, 1.165) is 31.2 Å². The number of rotatable bonds is 10. The van der Waals surface area contributed by atoms with Crippen molar-refractivity contribution >= 4 is 45.5 Å². The first-order valence-corrected chi connectivity index (χ1v) is 20.2. The molecule has 5 atom stereocenters. The Morgan fingerprint density at radius 1 is 1.13 bits per heavy atom. The second-order valence-electron chi connectivity index (χ2n) is 14.8. The Morgan fingerprint density at radius 2 is 1.95 bits per heavy atom. The number of nitrogens with one attached hydrogen (secondary N) is 3. The zero-order valence-electron chi connectivity index (χ0n) is 31.4. The molecule has 4 amide bonds. The fourth-order valence-electron chi connectivity index (χ4n) is 7.20. The summed E-state index contributed by atoms with van der Waals surface area (Å²) < 4.78 is 38.7. The molecular weight excluding hydrogens is 729 g/mol. The van der Waals surface area contributed by atoms with Crippen LogP contribution in [0.5, 0.6) is 17.4 Å². The predicted molar refractivity (Wildman–Crippen MR) is 202 cm³/mol. The monoisotopic (exact) mass is 775 g/mol. The van der Waals surface area contributed by atoms with Gasteiger partial charge >= 0.3 is 0 Å². The largest absolute Gasteiger partial charge is 0.496 e. The third kappa shape index (κ3) is 8.25. The van der Waals surface area contributed by atoms with E-state index < -0.39 is 58.3 Å². The van der Waals surface area contributed by atoms with Crippen LogP contribution in [0.25, 0.3) is 10.9 Å². The first kappa shape index (κ1) is 38.1. The Kier molecular flexibility index (Phi) is 11.0. The van der Waals surface area contributed by atoms with Gasteiger partial charge in [0.05, 0.1) is 31.5 Å². The highest BCUT2D eigenvalue weighted by Gasteiger charge is 2.60. The van der Waals surface area contributed by atoms with Gasteiger partial charge in [-0.15, -0.1) is 5.73 Å². The maximum atomic E-state index is 14.6. The number of fused-ring (bicyclic) bond motifs is 3. The van der Waals surface area contributed by atoms with Gasteiger partial charge in [0.2, 0.25) is 23.5 Å². The summed E-state index contributed by atoms with van der Waals surface area (Å²) in [5, 5.41) is 9.98. The Bertz CT molecular complexity index is 2080. The molecule has 2 aromatic heterocycles. The number of carbonyl (C=O) groups excluding carboxylic acids is 4. The molecule has 3 fully saturated rings. The number of benzene rings is 1. The fourth-order valence-corrected chi connectivity index (χ4v) is 8.39. The summed E-state index contributed by atoms with van der Waals surface area (Å²) in [6.07, 6.45) is 7.30. The Hall–Kier alpha value is -5.21. The van der Waals surface area contributed by atoms with Gasteiger partial charge < -0.3 is 34.3 Å². The van der Waals surface area contributed by atoms with E-state index in [0.29, 0.717) is 53.1 Å². The molecule has 2 aliphatic carbocycles. The lowest BCUT2D eigenvalue weighted by Crippen LogP contribution is -2.57. The van der Waals surface area contributed by atoms with Crippen LogP contribution in [0, 0.1) is 6.92 Å². The molecule has 7 rings (SSSR count). The van der Waals surface area contributed by atoms with Crippen molar-refractivity contribution < 1.29 is 42.1 Å². The number of amides is 4. The molecule has 0 bridgehead atoms. The van der Waals surface area contributed by atoms with Crippen molar-refractivity contribution in [2.45, 2.75) is 114 Å². The molecule has 55 heavy (non-hydrogen) atoms. The predicted octanol–water partition coefficient (Wildman–Crippen LogP) is 3.67. The van der Waals surface area contributed by atoms with E-state index in [-0.39, 0.29) is 36.5 Å². The fraction of sp³-hybridized carbons (Fsp3) is 0.513. The van der Waals surface area contributed by atoms with Crippen LogP contribution in [-0.4, -0.2) is 87.4 Å². The van der Waals surface area contributed by atoms with Crippen molar-refractivity contribution in [1.29, 1.82) is 0 Å². The molecule has 15 nitrogen and oxygen atoms in total. The van der Waals surface area contributed by atoms with Gasteiger partial charge in [0.15, 0.2) is 16.5 Å². The highest BCUT2D eigenvalue weighted by molar-refractivity contribution is 7.84. The molecule has 3 N–H and O–H groups in total. The number of aromatic nitrogens is 2. The molecule has 1 saturated heterocycles. The highest BCUT2D eigenvalue weighted by atomic mass is 32.2.